The molecule has 3 heterocycles. The standard InChI is InChI=1S/C46H64N2O13/c1-11-12-13-14-15-16-21-59-47-23-31-36-41(54)34-33(40(31)53)35-43(29(7)39(34)52)61-46(9,44(35)55)58-22-20-32(57-10)26(4)42(60-30(8)49)28(6)38(51)27(5)37(50)24(2)18-17-19-25(3)45(56)48-36/h17-20,22-24,26-28,32,37-38,42,50-54H,11-16,21H2,1-10H3,(H,48,56)/b18-17-,22-20-,25-19-,47-23?. The van der Waals surface area contributed by atoms with Gasteiger partial charge in [-0.05, 0) is 32.8 Å². The van der Waals surface area contributed by atoms with Gasteiger partial charge in [-0.2, -0.15) is 0 Å². The molecule has 0 saturated heterocycles. The van der Waals surface area contributed by atoms with Crippen LogP contribution < -0.4 is 10.1 Å². The number of ether oxygens (including phenoxy) is 4. The predicted octanol–water partition coefficient (Wildman–Crippen LogP) is 7.47. The second kappa shape index (κ2) is 21.1. The summed E-state index contributed by atoms with van der Waals surface area (Å²) in [6.45, 7) is 14.9. The van der Waals surface area contributed by atoms with E-state index in [4.69, 9.17) is 23.8 Å². The summed E-state index contributed by atoms with van der Waals surface area (Å²) in [5.41, 5.74) is -0.543. The number of nitrogens with zero attached hydrogens (tertiary/aromatic N) is 1. The van der Waals surface area contributed by atoms with Crippen molar-refractivity contribution in [1.82, 2.24) is 0 Å². The lowest BCUT2D eigenvalue weighted by molar-refractivity contribution is -0.160. The number of benzene rings is 2. The highest BCUT2D eigenvalue weighted by Crippen LogP contribution is 2.55. The Hall–Kier alpha value is -5.12. The SMILES string of the molecule is CCCCCCCCON=Cc1c2c(O)c3c(O)c(C)c4c(c3c1O)C(=O)C(C)(O/C=C\C(OC)C(C)C(OC(C)=O)C(C)C(O)C(C)C(O)C(C)/C=C\C=C(\C)C(=O)N2)O4. The number of allylic oxidation sites excluding steroid dienone is 2. The number of oxime groups is 1. The fourth-order valence-electron chi connectivity index (χ4n) is 7.96. The summed E-state index contributed by atoms with van der Waals surface area (Å²) in [6.07, 6.45) is 10.7. The van der Waals surface area contributed by atoms with Crippen LogP contribution in [0.25, 0.3) is 10.8 Å². The molecule has 9 atom stereocenters. The molecule has 3 aliphatic heterocycles. The molecule has 336 valence electrons. The number of aliphatic hydroxyl groups excluding tert-OH is 2. The molecular formula is C46H64N2O13. The molecule has 5 bridgehead atoms. The topological polar surface area (TPSA) is 223 Å². The average molecular weight is 853 g/mol. The minimum atomic E-state index is -2.06. The first kappa shape index (κ1) is 48.5. The molecule has 9 unspecified atom stereocenters. The summed E-state index contributed by atoms with van der Waals surface area (Å²) in [5.74, 6) is -8.55. The highest BCUT2D eigenvalue weighted by atomic mass is 16.7. The Kier molecular flexibility index (Phi) is 16.8. The van der Waals surface area contributed by atoms with E-state index < -0.39 is 88.8 Å². The number of aliphatic hydroxyl groups is 2. The normalized spacial score (nSPS) is 29.5. The van der Waals surface area contributed by atoms with Crippen molar-refractivity contribution in [3.63, 3.8) is 0 Å². The molecule has 6 N–H and O–H groups in total. The van der Waals surface area contributed by atoms with Crippen LogP contribution in [0.3, 0.4) is 0 Å². The van der Waals surface area contributed by atoms with Gasteiger partial charge in [-0.25, -0.2) is 0 Å². The van der Waals surface area contributed by atoms with Gasteiger partial charge < -0.3 is 54.6 Å². The van der Waals surface area contributed by atoms with Gasteiger partial charge in [0.1, 0.15) is 30.0 Å². The van der Waals surface area contributed by atoms with Crippen LogP contribution in [0.15, 0.2) is 41.3 Å². The maximum atomic E-state index is 14.4. The molecule has 0 fully saturated rings. The lowest BCUT2D eigenvalue weighted by atomic mass is 9.78. The Bertz CT molecular complexity index is 2040. The number of phenols is 3. The quantitative estimate of drug-likeness (QED) is 0.0323. The summed E-state index contributed by atoms with van der Waals surface area (Å²) in [7, 11) is 1.43. The van der Waals surface area contributed by atoms with Gasteiger partial charge in [-0.1, -0.05) is 83.7 Å². The van der Waals surface area contributed by atoms with E-state index in [0.717, 1.165) is 44.7 Å². The van der Waals surface area contributed by atoms with E-state index >= 15 is 0 Å². The van der Waals surface area contributed by atoms with Crippen molar-refractivity contribution in [2.45, 2.75) is 131 Å². The van der Waals surface area contributed by atoms with Crippen LogP contribution in [0.2, 0.25) is 0 Å². The van der Waals surface area contributed by atoms with Gasteiger partial charge in [0, 0.05) is 61.2 Å². The molecule has 0 spiro atoms. The van der Waals surface area contributed by atoms with Crippen molar-refractivity contribution >= 4 is 40.3 Å². The van der Waals surface area contributed by atoms with Crippen molar-refractivity contribution in [2.24, 2.45) is 28.8 Å². The number of methoxy groups -OCH3 is 1. The number of carbonyl (C=O) groups excluding carboxylic acids is 3. The van der Waals surface area contributed by atoms with E-state index in [2.05, 4.69) is 17.4 Å². The van der Waals surface area contributed by atoms with Crippen LogP contribution in [0.1, 0.15) is 115 Å². The number of hydrogen-bond acceptors (Lipinski definition) is 14. The van der Waals surface area contributed by atoms with Crippen molar-refractivity contribution in [3.05, 3.63) is 52.8 Å². The number of amides is 1. The average Bonchev–Trinajstić information content (AvgIpc) is 3.49. The molecule has 0 saturated carbocycles. The molecule has 0 aromatic heterocycles. The molecule has 15 nitrogen and oxygen atoms in total. The number of rotatable bonds is 11. The van der Waals surface area contributed by atoms with Gasteiger partial charge in [0.2, 0.25) is 0 Å². The monoisotopic (exact) mass is 852 g/mol. The zero-order valence-corrected chi connectivity index (χ0v) is 37.0. The summed E-state index contributed by atoms with van der Waals surface area (Å²) in [6, 6.07) is 0. The van der Waals surface area contributed by atoms with Crippen LogP contribution in [0.5, 0.6) is 23.0 Å². The minimum Gasteiger partial charge on any atom is -0.507 e. The van der Waals surface area contributed by atoms with Crippen LogP contribution in [0, 0.1) is 30.6 Å². The molecule has 5 rings (SSSR count). The Morgan fingerprint density at radius 3 is 2.25 bits per heavy atom. The highest BCUT2D eigenvalue weighted by Gasteiger charge is 2.50. The Morgan fingerprint density at radius 1 is 0.918 bits per heavy atom. The zero-order chi connectivity index (χ0) is 45.3. The zero-order valence-electron chi connectivity index (χ0n) is 37.0. The predicted molar refractivity (Wildman–Crippen MR) is 231 cm³/mol. The van der Waals surface area contributed by atoms with E-state index in [-0.39, 0.29) is 51.1 Å². The first-order chi connectivity index (χ1) is 28.8. The number of carbonyl (C=O) groups is 3. The van der Waals surface area contributed by atoms with Gasteiger partial charge >= 0.3 is 11.8 Å². The fraction of sp³-hybridized carbons (Fsp3) is 0.565. The minimum absolute atomic E-state index is 0.0419. The fourth-order valence-corrected chi connectivity index (χ4v) is 7.96. The largest absolute Gasteiger partial charge is 0.507 e. The van der Waals surface area contributed by atoms with E-state index in [0.29, 0.717) is 0 Å². The number of phenolic OH excluding ortho intramolecular Hbond substituents is 3. The van der Waals surface area contributed by atoms with Gasteiger partial charge in [-0.3, -0.25) is 14.4 Å². The maximum absolute atomic E-state index is 14.4. The Balaban J connectivity index is 1.90. The van der Waals surface area contributed by atoms with Crippen molar-refractivity contribution in [3.8, 4) is 23.0 Å². The number of nitrogens with one attached hydrogen (secondary N) is 1. The number of anilines is 1. The van der Waals surface area contributed by atoms with Crippen molar-refractivity contribution in [2.75, 3.05) is 19.0 Å². The number of ketones is 1. The van der Waals surface area contributed by atoms with Gasteiger partial charge in [0.15, 0.2) is 5.75 Å². The molecule has 61 heavy (non-hydrogen) atoms. The number of aromatic hydroxyl groups is 3. The molecule has 15 heteroatoms. The van der Waals surface area contributed by atoms with Crippen molar-refractivity contribution < 1.29 is 63.7 Å². The second-order valence-electron chi connectivity index (χ2n) is 16.5. The number of Topliss-reactive ketones (excluding diaryl/α,β-unsaturated/α-hetero) is 1. The van der Waals surface area contributed by atoms with E-state index in [1.54, 1.807) is 39.8 Å². The first-order valence-electron chi connectivity index (χ1n) is 21.1. The third-order valence-corrected chi connectivity index (χ3v) is 11.9. The molecule has 0 aliphatic carbocycles. The van der Waals surface area contributed by atoms with Crippen LogP contribution in [0.4, 0.5) is 5.69 Å². The van der Waals surface area contributed by atoms with Gasteiger partial charge in [-0.15, -0.1) is 0 Å². The smallest absolute Gasteiger partial charge is 0.312 e. The molecule has 2 aromatic rings. The first-order valence-corrected chi connectivity index (χ1v) is 21.1. The third-order valence-electron chi connectivity index (χ3n) is 11.9. The number of fused-ring (bicyclic) bond motifs is 14. The Labute approximate surface area is 358 Å². The van der Waals surface area contributed by atoms with Gasteiger partial charge in [0.25, 0.3) is 11.7 Å². The Morgan fingerprint density at radius 2 is 1.59 bits per heavy atom. The van der Waals surface area contributed by atoms with E-state index in [1.807, 2.05) is 0 Å². The summed E-state index contributed by atoms with van der Waals surface area (Å²) in [5, 5.41) is 64.3. The molecular weight excluding hydrogens is 789 g/mol. The van der Waals surface area contributed by atoms with Crippen LogP contribution in [-0.2, 0) is 28.6 Å². The number of esters is 1. The number of unbranched alkanes of at least 4 members (excludes halogenated alkanes) is 5. The summed E-state index contributed by atoms with van der Waals surface area (Å²) >= 11 is 0. The summed E-state index contributed by atoms with van der Waals surface area (Å²) < 4.78 is 23.6. The molecule has 1 amide bonds. The molecule has 3 aliphatic rings. The number of hydrogen-bond donors (Lipinski definition) is 6. The second-order valence-corrected chi connectivity index (χ2v) is 16.5. The molecule has 0 radical (unpaired) electrons. The third kappa shape index (κ3) is 10.7. The van der Waals surface area contributed by atoms with E-state index in [1.165, 1.54) is 53.2 Å². The van der Waals surface area contributed by atoms with Crippen LogP contribution >= 0.6 is 0 Å². The lowest BCUT2D eigenvalue weighted by Crippen LogP contribution is -2.46. The van der Waals surface area contributed by atoms with Crippen LogP contribution in [-0.4, -0.2) is 93.3 Å². The molecule has 2 aromatic carbocycles. The maximum Gasteiger partial charge on any atom is 0.312 e. The summed E-state index contributed by atoms with van der Waals surface area (Å²) in [4.78, 5) is 45.9. The van der Waals surface area contributed by atoms with Crippen molar-refractivity contribution in [1.29, 1.82) is 0 Å². The highest BCUT2D eigenvalue weighted by molar-refractivity contribution is 6.23. The van der Waals surface area contributed by atoms with E-state index in [9.17, 15) is 39.9 Å². The lowest BCUT2D eigenvalue weighted by Gasteiger charge is -2.38. The van der Waals surface area contributed by atoms with Gasteiger partial charge in [0.05, 0.1) is 53.0 Å².